The Balaban J connectivity index is -0.000000324. The van der Waals surface area contributed by atoms with Crippen LogP contribution < -0.4 is 0 Å². The topological polar surface area (TPSA) is 115 Å². The molecule has 4 N–H and O–H groups in total. The Kier molecular flexibility index (Phi) is 19.0. The van der Waals surface area contributed by atoms with E-state index in [1.807, 2.05) is 0 Å². The Labute approximate surface area is 168 Å². The van der Waals surface area contributed by atoms with Crippen molar-refractivity contribution >= 4 is 11.9 Å². The molecule has 0 spiro atoms. The van der Waals surface area contributed by atoms with Gasteiger partial charge < -0.3 is 20.4 Å². The molecule has 0 radical (unpaired) electrons. The molecule has 0 aliphatic rings. The lowest BCUT2D eigenvalue weighted by Gasteiger charge is -2.04. The summed E-state index contributed by atoms with van der Waals surface area (Å²) in [6.45, 7) is 3.45. The first kappa shape index (κ1) is 30.0. The van der Waals surface area contributed by atoms with Crippen LogP contribution in [0.25, 0.3) is 0 Å². The van der Waals surface area contributed by atoms with Crippen LogP contribution in [0.3, 0.4) is 0 Å². The van der Waals surface area contributed by atoms with Crippen molar-refractivity contribution in [3.63, 3.8) is 0 Å². The summed E-state index contributed by atoms with van der Waals surface area (Å²) in [6, 6.07) is 16.6. The van der Waals surface area contributed by atoms with Crippen LogP contribution in [0.2, 0.25) is 0 Å². The van der Waals surface area contributed by atoms with Gasteiger partial charge in [-0.3, -0.25) is 0 Å². The average molecular weight is 395 g/mol. The maximum absolute atomic E-state index is 10.2. The molecule has 158 valence electrons. The van der Waals surface area contributed by atoms with Gasteiger partial charge in [0.05, 0.1) is 23.3 Å². The van der Waals surface area contributed by atoms with Crippen molar-refractivity contribution in [3.05, 3.63) is 71.8 Å². The number of rotatable bonds is 5. The van der Waals surface area contributed by atoms with Crippen LogP contribution in [0.1, 0.15) is 62.3 Å². The van der Waals surface area contributed by atoms with Gasteiger partial charge in [0.15, 0.2) is 0 Å². The summed E-state index contributed by atoms with van der Waals surface area (Å²) in [5.41, 5.74) is 0.662. The molecular weight excluding hydrogens is 360 g/mol. The Bertz CT molecular complexity index is 566. The van der Waals surface area contributed by atoms with Crippen molar-refractivity contribution < 1.29 is 30.0 Å². The van der Waals surface area contributed by atoms with E-state index in [4.69, 9.17) is 20.4 Å². The number of carbonyl (C=O) groups is 2. The Morgan fingerprint density at radius 2 is 0.929 bits per heavy atom. The molecule has 2 aromatic rings. The van der Waals surface area contributed by atoms with E-state index in [2.05, 4.69) is 0 Å². The minimum Gasteiger partial charge on any atom is -0.478 e. The lowest BCUT2D eigenvalue weighted by atomic mass is 10.1. The van der Waals surface area contributed by atoms with Gasteiger partial charge in [-0.05, 0) is 51.0 Å². The fourth-order valence-corrected chi connectivity index (χ4v) is 1.64. The number of hydrogen-bond donors (Lipinski definition) is 4. The van der Waals surface area contributed by atoms with E-state index < -0.39 is 11.9 Å². The molecule has 2 unspecified atom stereocenters. The second kappa shape index (κ2) is 17.7. The summed E-state index contributed by atoms with van der Waals surface area (Å²) in [6.07, 6.45) is 0.837. The molecular formula is C22H34O6. The van der Waals surface area contributed by atoms with Crippen molar-refractivity contribution in [2.24, 2.45) is 0 Å². The number of aliphatic hydroxyl groups is 2. The van der Waals surface area contributed by atoms with Gasteiger partial charge in [-0.15, -0.1) is 0 Å². The lowest BCUT2D eigenvalue weighted by Crippen LogP contribution is -2.06. The van der Waals surface area contributed by atoms with Gasteiger partial charge in [0.2, 0.25) is 0 Å². The lowest BCUT2D eigenvalue weighted by molar-refractivity contribution is 0.0686. The molecule has 2 atom stereocenters. The van der Waals surface area contributed by atoms with Gasteiger partial charge in [-0.2, -0.15) is 0 Å². The van der Waals surface area contributed by atoms with Gasteiger partial charge in [-0.1, -0.05) is 51.3 Å². The van der Waals surface area contributed by atoms with E-state index >= 15 is 0 Å². The summed E-state index contributed by atoms with van der Waals surface area (Å²) in [5, 5.41) is 34.1. The van der Waals surface area contributed by atoms with Crippen LogP contribution in [0.4, 0.5) is 0 Å². The van der Waals surface area contributed by atoms with E-state index in [0.717, 1.165) is 0 Å². The number of carboxylic acid groups (broad SMARTS) is 2. The fourth-order valence-electron chi connectivity index (χ4n) is 1.64. The van der Waals surface area contributed by atoms with E-state index in [1.165, 1.54) is 0 Å². The molecule has 0 fully saturated rings. The van der Waals surface area contributed by atoms with Gasteiger partial charge in [0.25, 0.3) is 0 Å². The molecule has 0 amide bonds. The summed E-state index contributed by atoms with van der Waals surface area (Å²) in [5.74, 6) is -1.76. The normalized spacial score (nSPS) is 10.9. The highest BCUT2D eigenvalue weighted by Crippen LogP contribution is 1.99. The molecule has 0 saturated carbocycles. The zero-order valence-electron chi connectivity index (χ0n) is 14.9. The second-order valence-electron chi connectivity index (χ2n) is 5.62. The Hall–Kier alpha value is -2.70. The molecule has 0 aliphatic carbocycles. The SMILES string of the molecule is C.C.CC(O)CCC(C)O.O=C(O)c1ccccc1.O=C(O)c1ccccc1. The predicted molar refractivity (Wildman–Crippen MR) is 113 cm³/mol. The summed E-state index contributed by atoms with van der Waals surface area (Å²) < 4.78 is 0. The van der Waals surface area contributed by atoms with Crippen LogP contribution in [-0.2, 0) is 0 Å². The number of aromatic carboxylic acids is 2. The van der Waals surface area contributed by atoms with Gasteiger partial charge in [-0.25, -0.2) is 9.59 Å². The van der Waals surface area contributed by atoms with E-state index in [9.17, 15) is 9.59 Å². The predicted octanol–water partition coefficient (Wildman–Crippen LogP) is 4.57. The molecule has 6 nitrogen and oxygen atoms in total. The van der Waals surface area contributed by atoms with Crippen LogP contribution in [0.15, 0.2) is 60.7 Å². The van der Waals surface area contributed by atoms with Gasteiger partial charge in [0, 0.05) is 0 Å². The maximum atomic E-state index is 10.2. The van der Waals surface area contributed by atoms with Crippen molar-refractivity contribution in [2.75, 3.05) is 0 Å². The highest BCUT2D eigenvalue weighted by atomic mass is 16.4. The van der Waals surface area contributed by atoms with E-state index in [0.29, 0.717) is 24.0 Å². The minimum absolute atomic E-state index is 0. The monoisotopic (exact) mass is 394 g/mol. The fraction of sp³-hybridized carbons (Fsp3) is 0.364. The molecule has 28 heavy (non-hydrogen) atoms. The molecule has 0 saturated heterocycles. The molecule has 2 rings (SSSR count). The molecule has 0 aromatic heterocycles. The number of aliphatic hydroxyl groups excluding tert-OH is 2. The third-order valence-corrected chi connectivity index (χ3v) is 3.04. The number of hydrogen-bond acceptors (Lipinski definition) is 4. The van der Waals surface area contributed by atoms with Crippen molar-refractivity contribution in [1.29, 1.82) is 0 Å². The van der Waals surface area contributed by atoms with Gasteiger partial charge >= 0.3 is 11.9 Å². The summed E-state index contributed by atoms with van der Waals surface area (Å²) in [7, 11) is 0. The Morgan fingerprint density at radius 1 is 0.679 bits per heavy atom. The van der Waals surface area contributed by atoms with Crippen LogP contribution >= 0.6 is 0 Å². The quantitative estimate of drug-likeness (QED) is 0.590. The standard InChI is InChI=1S/2C7H6O2.C6H14O2.2CH4/c2*8-7(9)6-4-2-1-3-5-6;1-5(7)3-4-6(2)8;;/h2*1-5H,(H,8,9);5-8H,3-4H2,1-2H3;2*1H4. The third-order valence-electron chi connectivity index (χ3n) is 3.04. The number of benzene rings is 2. The molecule has 6 heteroatoms. The molecule has 2 aromatic carbocycles. The zero-order valence-corrected chi connectivity index (χ0v) is 14.9. The second-order valence-corrected chi connectivity index (χ2v) is 5.62. The first-order valence-corrected chi connectivity index (χ1v) is 8.16. The molecule has 0 heterocycles. The Morgan fingerprint density at radius 3 is 1.07 bits per heavy atom. The van der Waals surface area contributed by atoms with Crippen LogP contribution in [0.5, 0.6) is 0 Å². The third kappa shape index (κ3) is 16.8. The number of carboxylic acids is 2. The first-order chi connectivity index (χ1) is 12.2. The van der Waals surface area contributed by atoms with Gasteiger partial charge in [0.1, 0.15) is 0 Å². The van der Waals surface area contributed by atoms with E-state index in [-0.39, 0.29) is 27.1 Å². The van der Waals surface area contributed by atoms with Crippen molar-refractivity contribution in [2.45, 2.75) is 53.8 Å². The van der Waals surface area contributed by atoms with Crippen LogP contribution in [0, 0.1) is 0 Å². The first-order valence-electron chi connectivity index (χ1n) is 8.16. The molecule has 0 aliphatic heterocycles. The van der Waals surface area contributed by atoms with Crippen molar-refractivity contribution in [3.8, 4) is 0 Å². The van der Waals surface area contributed by atoms with Crippen LogP contribution in [-0.4, -0.2) is 44.6 Å². The largest absolute Gasteiger partial charge is 0.478 e. The van der Waals surface area contributed by atoms with Crippen molar-refractivity contribution in [1.82, 2.24) is 0 Å². The summed E-state index contributed by atoms with van der Waals surface area (Å²) >= 11 is 0. The minimum atomic E-state index is -0.879. The smallest absolute Gasteiger partial charge is 0.335 e. The maximum Gasteiger partial charge on any atom is 0.335 e. The molecule has 0 bridgehead atoms. The zero-order chi connectivity index (χ0) is 19.9. The van der Waals surface area contributed by atoms with E-state index in [1.54, 1.807) is 74.5 Å². The average Bonchev–Trinajstić information content (AvgIpc) is 2.62. The summed E-state index contributed by atoms with van der Waals surface area (Å²) in [4.78, 5) is 20.4. The highest BCUT2D eigenvalue weighted by Gasteiger charge is 1.98. The highest BCUT2D eigenvalue weighted by molar-refractivity contribution is 5.87.